The third-order valence-electron chi connectivity index (χ3n) is 2.95. The van der Waals surface area contributed by atoms with Gasteiger partial charge in [-0.2, -0.15) is 0 Å². The van der Waals surface area contributed by atoms with Crippen molar-refractivity contribution in [2.45, 2.75) is 38.8 Å². The molecule has 0 aliphatic rings. The molecule has 1 aromatic rings. The second-order valence-corrected chi connectivity index (χ2v) is 6.65. The van der Waals surface area contributed by atoms with Crippen LogP contribution in [0.1, 0.15) is 32.3 Å². The van der Waals surface area contributed by atoms with Gasteiger partial charge in [-0.1, -0.05) is 13.8 Å². The van der Waals surface area contributed by atoms with Crippen molar-refractivity contribution in [3.8, 4) is 0 Å². The molecule has 0 bridgehead atoms. The first kappa shape index (κ1) is 14.2. The van der Waals surface area contributed by atoms with E-state index in [9.17, 15) is 5.11 Å². The molecule has 0 amide bonds. The van der Waals surface area contributed by atoms with Crippen molar-refractivity contribution in [1.29, 1.82) is 0 Å². The van der Waals surface area contributed by atoms with Gasteiger partial charge in [0.2, 0.25) is 0 Å². The fourth-order valence-corrected chi connectivity index (χ4v) is 2.97. The van der Waals surface area contributed by atoms with Crippen LogP contribution in [-0.2, 0) is 6.54 Å². The highest BCUT2D eigenvalue weighted by Gasteiger charge is 2.23. The molecule has 16 heavy (non-hydrogen) atoms. The normalized spacial score (nSPS) is 12.4. The number of likely N-dealkylation sites (N-methyl/N-ethyl adjacent to an activating group) is 1. The van der Waals surface area contributed by atoms with Crippen LogP contribution < -0.4 is 0 Å². The van der Waals surface area contributed by atoms with E-state index in [2.05, 4.69) is 39.3 Å². The predicted octanol–water partition coefficient (Wildman–Crippen LogP) is 3.49. The minimum Gasteiger partial charge on any atom is -0.389 e. The zero-order valence-corrected chi connectivity index (χ0v) is 12.6. The molecule has 4 heteroatoms. The van der Waals surface area contributed by atoms with Crippen LogP contribution in [0.3, 0.4) is 0 Å². The Balaban J connectivity index is 2.50. The highest BCUT2D eigenvalue weighted by atomic mass is 79.9. The van der Waals surface area contributed by atoms with E-state index >= 15 is 0 Å². The van der Waals surface area contributed by atoms with Crippen LogP contribution in [0.25, 0.3) is 0 Å². The molecular weight excluding hydrogens is 286 g/mol. The van der Waals surface area contributed by atoms with Crippen LogP contribution >= 0.6 is 27.3 Å². The number of nitrogens with zero attached hydrogens (tertiary/aromatic N) is 1. The maximum Gasteiger partial charge on any atom is 0.0768 e. The molecule has 0 spiro atoms. The first-order valence-corrected chi connectivity index (χ1v) is 7.30. The van der Waals surface area contributed by atoms with Crippen molar-refractivity contribution in [2.75, 3.05) is 13.6 Å². The van der Waals surface area contributed by atoms with Crippen molar-refractivity contribution in [2.24, 2.45) is 0 Å². The Labute approximate surface area is 110 Å². The molecule has 1 heterocycles. The first-order valence-electron chi connectivity index (χ1n) is 5.63. The molecule has 1 aromatic heterocycles. The lowest BCUT2D eigenvalue weighted by molar-refractivity contribution is 0.00133. The summed E-state index contributed by atoms with van der Waals surface area (Å²) >= 11 is 5.16. The summed E-state index contributed by atoms with van der Waals surface area (Å²) in [6.07, 6.45) is 1.61. The molecule has 2 nitrogen and oxygen atoms in total. The second kappa shape index (κ2) is 6.15. The lowest BCUT2D eigenvalue weighted by Gasteiger charge is -2.30. The molecule has 0 aliphatic carbocycles. The Morgan fingerprint density at radius 1 is 1.44 bits per heavy atom. The number of thiophene rings is 1. The van der Waals surface area contributed by atoms with Crippen LogP contribution in [0.4, 0.5) is 0 Å². The van der Waals surface area contributed by atoms with Gasteiger partial charge in [0.25, 0.3) is 0 Å². The van der Waals surface area contributed by atoms with Gasteiger partial charge in [0, 0.05) is 13.1 Å². The van der Waals surface area contributed by atoms with Crippen molar-refractivity contribution in [3.05, 3.63) is 20.8 Å². The van der Waals surface area contributed by atoms with Crippen molar-refractivity contribution in [1.82, 2.24) is 4.90 Å². The van der Waals surface area contributed by atoms with E-state index in [1.807, 2.05) is 13.8 Å². The minimum atomic E-state index is -0.540. The summed E-state index contributed by atoms with van der Waals surface area (Å²) in [5.74, 6) is 0. The summed E-state index contributed by atoms with van der Waals surface area (Å²) in [6, 6.07) is 2.14. The van der Waals surface area contributed by atoms with Crippen molar-refractivity contribution in [3.63, 3.8) is 0 Å². The molecule has 0 aliphatic heterocycles. The minimum absolute atomic E-state index is 0.540. The number of halogens is 1. The molecule has 0 radical (unpaired) electrons. The molecular formula is C12H20BrNOS. The molecule has 0 aromatic carbocycles. The number of hydrogen-bond acceptors (Lipinski definition) is 3. The third-order valence-corrected chi connectivity index (χ3v) is 4.51. The molecule has 1 rings (SSSR count). The van der Waals surface area contributed by atoms with Crippen LogP contribution in [-0.4, -0.2) is 29.2 Å². The molecule has 0 unspecified atom stereocenters. The van der Waals surface area contributed by atoms with E-state index in [1.54, 1.807) is 11.3 Å². The summed E-state index contributed by atoms with van der Waals surface area (Å²) in [5, 5.41) is 12.4. The molecule has 0 fully saturated rings. The summed E-state index contributed by atoms with van der Waals surface area (Å²) in [4.78, 5) is 2.18. The summed E-state index contributed by atoms with van der Waals surface area (Å²) in [5.41, 5.74) is 0.760. The Morgan fingerprint density at radius 3 is 2.50 bits per heavy atom. The predicted molar refractivity (Wildman–Crippen MR) is 73.9 cm³/mol. The zero-order valence-electron chi connectivity index (χ0n) is 10.2. The van der Waals surface area contributed by atoms with E-state index in [4.69, 9.17) is 0 Å². The first-order chi connectivity index (χ1) is 7.49. The van der Waals surface area contributed by atoms with Crippen molar-refractivity contribution >= 4 is 27.3 Å². The van der Waals surface area contributed by atoms with Gasteiger partial charge in [0.1, 0.15) is 0 Å². The van der Waals surface area contributed by atoms with E-state index in [0.717, 1.165) is 29.7 Å². The fraction of sp³-hybridized carbons (Fsp3) is 0.667. The van der Waals surface area contributed by atoms with Gasteiger partial charge < -0.3 is 5.11 Å². The smallest absolute Gasteiger partial charge is 0.0768 e. The van der Waals surface area contributed by atoms with Gasteiger partial charge >= 0.3 is 0 Å². The monoisotopic (exact) mass is 305 g/mol. The Hall–Kier alpha value is 0.100. The average molecular weight is 306 g/mol. The van der Waals surface area contributed by atoms with E-state index < -0.39 is 5.60 Å². The standard InChI is InChI=1S/C12H20BrNOS/c1-4-12(15,5-2)9-14(3)7-10-6-11(13)16-8-10/h6,8,15H,4-5,7,9H2,1-3H3. The maximum atomic E-state index is 10.2. The number of rotatable bonds is 6. The van der Waals surface area contributed by atoms with Gasteiger partial charge in [-0.25, -0.2) is 0 Å². The zero-order chi connectivity index (χ0) is 12.2. The Bertz CT molecular complexity index is 323. The van der Waals surface area contributed by atoms with Gasteiger partial charge in [0.05, 0.1) is 9.39 Å². The number of hydrogen-bond donors (Lipinski definition) is 1. The molecule has 0 atom stereocenters. The van der Waals surface area contributed by atoms with Gasteiger partial charge in [-0.05, 0) is 52.8 Å². The van der Waals surface area contributed by atoms with Crippen molar-refractivity contribution < 1.29 is 5.11 Å². The lowest BCUT2D eigenvalue weighted by atomic mass is 9.97. The quantitative estimate of drug-likeness (QED) is 0.869. The highest BCUT2D eigenvalue weighted by Crippen LogP contribution is 2.22. The van der Waals surface area contributed by atoms with E-state index in [0.29, 0.717) is 0 Å². The summed E-state index contributed by atoms with van der Waals surface area (Å²) < 4.78 is 1.16. The van der Waals surface area contributed by atoms with Gasteiger partial charge in [0.15, 0.2) is 0 Å². The Morgan fingerprint density at radius 2 is 2.06 bits per heavy atom. The molecule has 0 saturated carbocycles. The average Bonchev–Trinajstić information content (AvgIpc) is 2.63. The van der Waals surface area contributed by atoms with Gasteiger partial charge in [-0.15, -0.1) is 11.3 Å². The third kappa shape index (κ3) is 4.17. The van der Waals surface area contributed by atoms with E-state index in [-0.39, 0.29) is 0 Å². The highest BCUT2D eigenvalue weighted by molar-refractivity contribution is 9.11. The molecule has 92 valence electrons. The SMILES string of the molecule is CCC(O)(CC)CN(C)Cc1csc(Br)c1. The fourth-order valence-electron chi connectivity index (χ4n) is 1.77. The lowest BCUT2D eigenvalue weighted by Crippen LogP contribution is -2.40. The Kier molecular flexibility index (Phi) is 5.44. The van der Waals surface area contributed by atoms with Crippen LogP contribution in [0.2, 0.25) is 0 Å². The van der Waals surface area contributed by atoms with Crippen LogP contribution in [0.5, 0.6) is 0 Å². The second-order valence-electron chi connectivity index (χ2n) is 4.36. The summed E-state index contributed by atoms with van der Waals surface area (Å²) in [6.45, 7) is 5.70. The summed E-state index contributed by atoms with van der Waals surface area (Å²) in [7, 11) is 2.06. The number of aliphatic hydroxyl groups is 1. The molecule has 0 saturated heterocycles. The molecule has 1 N–H and O–H groups in total. The van der Waals surface area contributed by atoms with E-state index in [1.165, 1.54) is 5.56 Å². The van der Waals surface area contributed by atoms with Crippen LogP contribution in [0, 0.1) is 0 Å². The largest absolute Gasteiger partial charge is 0.389 e. The topological polar surface area (TPSA) is 23.5 Å². The van der Waals surface area contributed by atoms with Gasteiger partial charge in [-0.3, -0.25) is 4.90 Å². The van der Waals surface area contributed by atoms with Crippen LogP contribution in [0.15, 0.2) is 15.2 Å². The maximum absolute atomic E-state index is 10.2.